The number of amides is 1. The van der Waals surface area contributed by atoms with Crippen molar-refractivity contribution in [1.82, 2.24) is 0 Å². The van der Waals surface area contributed by atoms with Crippen molar-refractivity contribution < 1.29 is 18.0 Å². The lowest BCUT2D eigenvalue weighted by atomic mass is 9.95. The smallest absolute Gasteiger partial charge is 0.326 e. The summed E-state index contributed by atoms with van der Waals surface area (Å²) in [5.41, 5.74) is -0.952. The molecule has 0 spiro atoms. The molecule has 1 aromatic rings. The van der Waals surface area contributed by atoms with E-state index in [9.17, 15) is 18.0 Å². The Kier molecular flexibility index (Phi) is 3.50. The van der Waals surface area contributed by atoms with Crippen molar-refractivity contribution in [3.63, 3.8) is 0 Å². The monoisotopic (exact) mass is 245 g/mol. The first-order valence-corrected chi connectivity index (χ1v) is 5.09. The van der Waals surface area contributed by atoms with Gasteiger partial charge in [0.15, 0.2) is 0 Å². The zero-order chi connectivity index (χ0) is 13.3. The third kappa shape index (κ3) is 3.76. The molecule has 0 aliphatic rings. The quantitative estimate of drug-likeness (QED) is 0.803. The van der Waals surface area contributed by atoms with Crippen molar-refractivity contribution in [2.75, 3.05) is 5.32 Å². The first-order valence-electron chi connectivity index (χ1n) is 5.09. The van der Waals surface area contributed by atoms with Crippen LogP contribution in [0.3, 0.4) is 0 Å². The Labute approximate surface area is 97.8 Å². The third-order valence-electron chi connectivity index (χ3n) is 2.15. The minimum Gasteiger partial charge on any atom is -0.326 e. The first kappa shape index (κ1) is 13.5. The summed E-state index contributed by atoms with van der Waals surface area (Å²) in [5, 5.41) is 2.55. The SMILES string of the molecule is CC(C)(C)C(=O)Nc1ccc(C(F)(F)F)cc1. The van der Waals surface area contributed by atoms with Crippen LogP contribution in [0.1, 0.15) is 26.3 Å². The lowest BCUT2D eigenvalue weighted by Gasteiger charge is -2.17. The summed E-state index contributed by atoms with van der Waals surface area (Å²) < 4.78 is 36.9. The molecule has 0 aliphatic carbocycles. The van der Waals surface area contributed by atoms with E-state index in [1.807, 2.05) is 0 Å². The lowest BCUT2D eigenvalue weighted by Crippen LogP contribution is -2.27. The van der Waals surface area contributed by atoms with Crippen LogP contribution in [0.15, 0.2) is 24.3 Å². The molecule has 5 heteroatoms. The summed E-state index contributed by atoms with van der Waals surface area (Å²) in [6.07, 6.45) is -4.35. The fourth-order valence-electron chi connectivity index (χ4n) is 1.06. The molecule has 0 bridgehead atoms. The molecule has 0 aromatic heterocycles. The van der Waals surface area contributed by atoms with Crippen molar-refractivity contribution in [2.24, 2.45) is 5.41 Å². The van der Waals surface area contributed by atoms with Gasteiger partial charge in [-0.3, -0.25) is 4.79 Å². The largest absolute Gasteiger partial charge is 0.416 e. The molecular weight excluding hydrogens is 231 g/mol. The maximum atomic E-state index is 12.3. The van der Waals surface area contributed by atoms with Gasteiger partial charge < -0.3 is 5.32 Å². The van der Waals surface area contributed by atoms with Crippen LogP contribution < -0.4 is 5.32 Å². The fourth-order valence-corrected chi connectivity index (χ4v) is 1.06. The molecule has 0 saturated heterocycles. The number of carbonyl (C=O) groups excluding carboxylic acids is 1. The minimum absolute atomic E-state index is 0.239. The predicted octanol–water partition coefficient (Wildman–Crippen LogP) is 3.69. The number of halogens is 3. The highest BCUT2D eigenvalue weighted by Gasteiger charge is 2.30. The second kappa shape index (κ2) is 4.39. The summed E-state index contributed by atoms with van der Waals surface area (Å²) in [6, 6.07) is 4.37. The number of carbonyl (C=O) groups is 1. The molecule has 1 amide bonds. The molecule has 0 saturated carbocycles. The molecule has 0 heterocycles. The van der Waals surface area contributed by atoms with Gasteiger partial charge in [0.1, 0.15) is 0 Å². The van der Waals surface area contributed by atoms with E-state index in [-0.39, 0.29) is 5.91 Å². The Morgan fingerprint density at radius 3 is 1.88 bits per heavy atom. The van der Waals surface area contributed by atoms with E-state index in [1.54, 1.807) is 20.8 Å². The number of hydrogen-bond donors (Lipinski definition) is 1. The summed E-state index contributed by atoms with van der Waals surface area (Å²) in [4.78, 5) is 11.6. The molecule has 1 aromatic carbocycles. The van der Waals surface area contributed by atoms with Gasteiger partial charge in [-0.15, -0.1) is 0 Å². The highest BCUT2D eigenvalue weighted by molar-refractivity contribution is 5.94. The zero-order valence-electron chi connectivity index (χ0n) is 9.85. The zero-order valence-corrected chi connectivity index (χ0v) is 9.85. The average Bonchev–Trinajstić information content (AvgIpc) is 2.15. The molecule has 94 valence electrons. The van der Waals surface area contributed by atoms with E-state index in [2.05, 4.69) is 5.32 Å². The molecule has 0 fully saturated rings. The molecule has 1 N–H and O–H groups in total. The number of anilines is 1. The van der Waals surface area contributed by atoms with Crippen LogP contribution in [0.2, 0.25) is 0 Å². The standard InChI is InChI=1S/C12H14F3NO/c1-11(2,3)10(17)16-9-6-4-8(5-7-9)12(13,14)15/h4-7H,1-3H3,(H,16,17). The van der Waals surface area contributed by atoms with Gasteiger partial charge in [0.05, 0.1) is 5.56 Å². The Balaban J connectivity index is 2.80. The summed E-state index contributed by atoms with van der Waals surface area (Å²) in [7, 11) is 0. The number of rotatable bonds is 1. The molecule has 0 aliphatic heterocycles. The van der Waals surface area contributed by atoms with Gasteiger partial charge in [0.2, 0.25) is 5.91 Å². The van der Waals surface area contributed by atoms with Gasteiger partial charge >= 0.3 is 6.18 Å². The van der Waals surface area contributed by atoms with Crippen LogP contribution in [0.4, 0.5) is 18.9 Å². The van der Waals surface area contributed by atoms with Crippen LogP contribution in [-0.4, -0.2) is 5.91 Å². The van der Waals surface area contributed by atoms with Gasteiger partial charge in [0, 0.05) is 11.1 Å². The van der Waals surface area contributed by atoms with E-state index in [1.165, 1.54) is 12.1 Å². The van der Waals surface area contributed by atoms with Crippen LogP contribution in [0.25, 0.3) is 0 Å². The highest BCUT2D eigenvalue weighted by Crippen LogP contribution is 2.30. The molecule has 0 unspecified atom stereocenters. The number of benzene rings is 1. The predicted molar refractivity (Wildman–Crippen MR) is 59.5 cm³/mol. The van der Waals surface area contributed by atoms with E-state index in [4.69, 9.17) is 0 Å². The molecule has 17 heavy (non-hydrogen) atoms. The molecule has 0 radical (unpaired) electrons. The maximum Gasteiger partial charge on any atom is 0.416 e. The molecule has 0 atom stereocenters. The van der Waals surface area contributed by atoms with Gasteiger partial charge in [-0.2, -0.15) is 13.2 Å². The van der Waals surface area contributed by atoms with E-state index in [0.29, 0.717) is 5.69 Å². The molecule has 1 rings (SSSR count). The van der Waals surface area contributed by atoms with Crippen LogP contribution in [0.5, 0.6) is 0 Å². The lowest BCUT2D eigenvalue weighted by molar-refractivity contribution is -0.137. The van der Waals surface area contributed by atoms with Crippen LogP contribution in [-0.2, 0) is 11.0 Å². The van der Waals surface area contributed by atoms with E-state index < -0.39 is 17.2 Å². The Bertz CT molecular complexity index is 401. The van der Waals surface area contributed by atoms with Gasteiger partial charge in [-0.05, 0) is 24.3 Å². The van der Waals surface area contributed by atoms with Crippen molar-refractivity contribution in [1.29, 1.82) is 0 Å². The number of nitrogens with one attached hydrogen (secondary N) is 1. The van der Waals surface area contributed by atoms with Gasteiger partial charge in [-0.25, -0.2) is 0 Å². The van der Waals surface area contributed by atoms with Crippen LogP contribution >= 0.6 is 0 Å². The van der Waals surface area contributed by atoms with Crippen molar-refractivity contribution in [3.8, 4) is 0 Å². The van der Waals surface area contributed by atoms with Gasteiger partial charge in [-0.1, -0.05) is 20.8 Å². The molecular formula is C12H14F3NO. The summed E-state index contributed by atoms with van der Waals surface area (Å²) in [5.74, 6) is -0.239. The first-order chi connectivity index (χ1) is 7.60. The summed E-state index contributed by atoms with van der Waals surface area (Å²) in [6.45, 7) is 5.19. The number of alkyl halides is 3. The molecule has 2 nitrogen and oxygen atoms in total. The van der Waals surface area contributed by atoms with Crippen molar-refractivity contribution in [2.45, 2.75) is 26.9 Å². The third-order valence-corrected chi connectivity index (χ3v) is 2.15. The van der Waals surface area contributed by atoms with Crippen molar-refractivity contribution >= 4 is 11.6 Å². The van der Waals surface area contributed by atoms with E-state index in [0.717, 1.165) is 12.1 Å². The maximum absolute atomic E-state index is 12.3. The minimum atomic E-state index is -4.35. The number of hydrogen-bond acceptors (Lipinski definition) is 1. The van der Waals surface area contributed by atoms with Gasteiger partial charge in [0.25, 0.3) is 0 Å². The second-order valence-corrected chi connectivity index (χ2v) is 4.78. The second-order valence-electron chi connectivity index (χ2n) is 4.78. The Morgan fingerprint density at radius 2 is 1.53 bits per heavy atom. The topological polar surface area (TPSA) is 29.1 Å². The van der Waals surface area contributed by atoms with E-state index >= 15 is 0 Å². The Morgan fingerprint density at radius 1 is 1.06 bits per heavy atom. The highest BCUT2D eigenvalue weighted by atomic mass is 19.4. The average molecular weight is 245 g/mol. The fraction of sp³-hybridized carbons (Fsp3) is 0.417. The van der Waals surface area contributed by atoms with Crippen molar-refractivity contribution in [3.05, 3.63) is 29.8 Å². The van der Waals surface area contributed by atoms with Crippen LogP contribution in [0, 0.1) is 5.41 Å². The normalized spacial score (nSPS) is 12.4. The Hall–Kier alpha value is -1.52. The summed E-state index contributed by atoms with van der Waals surface area (Å²) >= 11 is 0.